The van der Waals surface area contributed by atoms with Gasteiger partial charge in [0.25, 0.3) is 0 Å². The van der Waals surface area contributed by atoms with Gasteiger partial charge in [0.05, 0.1) is 29.5 Å². The summed E-state index contributed by atoms with van der Waals surface area (Å²) in [7, 11) is 1.53. The molecule has 0 saturated carbocycles. The molecule has 16 heavy (non-hydrogen) atoms. The lowest BCUT2D eigenvalue weighted by Crippen LogP contribution is -2.26. The van der Waals surface area contributed by atoms with Crippen LogP contribution < -0.4 is 4.87 Å². The molecule has 2 rings (SSSR count). The van der Waals surface area contributed by atoms with Gasteiger partial charge in [-0.1, -0.05) is 23.5 Å². The van der Waals surface area contributed by atoms with E-state index in [-0.39, 0.29) is 18.0 Å². The molecule has 5 heteroatoms. The van der Waals surface area contributed by atoms with Gasteiger partial charge in [0, 0.05) is 7.11 Å². The minimum absolute atomic E-state index is 0.0450. The van der Waals surface area contributed by atoms with Gasteiger partial charge in [-0.25, -0.2) is 0 Å². The zero-order valence-corrected chi connectivity index (χ0v) is 9.74. The van der Waals surface area contributed by atoms with Crippen molar-refractivity contribution in [3.05, 3.63) is 33.9 Å². The first kappa shape index (κ1) is 11.3. The van der Waals surface area contributed by atoms with Gasteiger partial charge < -0.3 is 9.84 Å². The SMILES string of the molecule is COC[C@@H](O)Cn1c(=O)sc2ccccc21. The number of aliphatic hydroxyl groups is 1. The highest BCUT2D eigenvalue weighted by Gasteiger charge is 2.11. The van der Waals surface area contributed by atoms with Crippen molar-refractivity contribution in [3.8, 4) is 0 Å². The number of aliphatic hydroxyl groups excluding tert-OH is 1. The zero-order chi connectivity index (χ0) is 11.5. The maximum atomic E-state index is 11.7. The molecular weight excluding hydrogens is 226 g/mol. The first-order valence-corrected chi connectivity index (χ1v) is 5.79. The number of thiazole rings is 1. The monoisotopic (exact) mass is 239 g/mol. The van der Waals surface area contributed by atoms with E-state index in [1.54, 1.807) is 4.57 Å². The maximum absolute atomic E-state index is 11.7. The van der Waals surface area contributed by atoms with E-state index in [9.17, 15) is 9.90 Å². The number of aromatic nitrogens is 1. The molecule has 0 aliphatic heterocycles. The van der Waals surface area contributed by atoms with Crippen LogP contribution in [0, 0.1) is 0 Å². The summed E-state index contributed by atoms with van der Waals surface area (Å²) in [5, 5.41) is 9.62. The van der Waals surface area contributed by atoms with Gasteiger partial charge in [0.2, 0.25) is 0 Å². The van der Waals surface area contributed by atoms with Crippen LogP contribution in [0.15, 0.2) is 29.1 Å². The van der Waals surface area contributed by atoms with Crippen LogP contribution in [0.25, 0.3) is 10.2 Å². The summed E-state index contributed by atoms with van der Waals surface area (Å²) >= 11 is 1.19. The molecule has 1 aromatic carbocycles. The smallest absolute Gasteiger partial charge is 0.308 e. The number of rotatable bonds is 4. The lowest BCUT2D eigenvalue weighted by atomic mass is 10.3. The van der Waals surface area contributed by atoms with Crippen LogP contribution in [0.4, 0.5) is 0 Å². The number of benzene rings is 1. The molecule has 0 unspecified atom stereocenters. The molecular formula is C11H13NO3S. The molecule has 0 amide bonds. The number of hydrogen-bond donors (Lipinski definition) is 1. The van der Waals surface area contributed by atoms with Crippen molar-refractivity contribution in [2.24, 2.45) is 0 Å². The normalized spacial score (nSPS) is 13.1. The first-order chi connectivity index (χ1) is 7.72. The molecule has 0 aliphatic rings. The zero-order valence-electron chi connectivity index (χ0n) is 8.92. The minimum Gasteiger partial charge on any atom is -0.389 e. The van der Waals surface area contributed by atoms with Gasteiger partial charge in [0.15, 0.2) is 0 Å². The molecule has 2 aromatic rings. The fourth-order valence-corrected chi connectivity index (χ4v) is 2.54. The largest absolute Gasteiger partial charge is 0.389 e. The molecule has 0 saturated heterocycles. The Kier molecular flexibility index (Phi) is 3.38. The highest BCUT2D eigenvalue weighted by Crippen LogP contribution is 2.16. The van der Waals surface area contributed by atoms with Crippen molar-refractivity contribution in [1.29, 1.82) is 0 Å². The molecule has 0 fully saturated rings. The number of fused-ring (bicyclic) bond motifs is 1. The number of para-hydroxylation sites is 1. The molecule has 0 aliphatic carbocycles. The van der Waals surface area contributed by atoms with Crippen LogP contribution in [-0.4, -0.2) is 29.5 Å². The summed E-state index contributed by atoms with van der Waals surface area (Å²) in [6.07, 6.45) is -0.652. The van der Waals surface area contributed by atoms with Crippen LogP contribution in [0.5, 0.6) is 0 Å². The molecule has 1 heterocycles. The highest BCUT2D eigenvalue weighted by atomic mass is 32.1. The third kappa shape index (κ3) is 2.16. The predicted octanol–water partition coefficient (Wildman–Crippen LogP) is 1.07. The lowest BCUT2D eigenvalue weighted by Gasteiger charge is -2.10. The van der Waals surface area contributed by atoms with E-state index in [0.29, 0.717) is 0 Å². The van der Waals surface area contributed by atoms with Crippen LogP contribution in [-0.2, 0) is 11.3 Å². The van der Waals surface area contributed by atoms with Crippen LogP contribution in [0.2, 0.25) is 0 Å². The molecule has 86 valence electrons. The van der Waals surface area contributed by atoms with E-state index in [1.165, 1.54) is 18.4 Å². The van der Waals surface area contributed by atoms with E-state index >= 15 is 0 Å². The average molecular weight is 239 g/mol. The van der Waals surface area contributed by atoms with Crippen molar-refractivity contribution in [2.45, 2.75) is 12.6 Å². The Morgan fingerprint density at radius 2 is 2.25 bits per heavy atom. The van der Waals surface area contributed by atoms with E-state index in [4.69, 9.17) is 4.74 Å². The van der Waals surface area contributed by atoms with Crippen LogP contribution in [0.3, 0.4) is 0 Å². The molecule has 0 radical (unpaired) electrons. The standard InChI is InChI=1S/C11H13NO3S/c1-15-7-8(13)6-12-9-4-2-3-5-10(9)16-11(12)14/h2-5,8,13H,6-7H2,1H3/t8-/m0/s1. The van der Waals surface area contributed by atoms with Crippen molar-refractivity contribution in [2.75, 3.05) is 13.7 Å². The van der Waals surface area contributed by atoms with Crippen molar-refractivity contribution in [3.63, 3.8) is 0 Å². The van der Waals surface area contributed by atoms with E-state index in [2.05, 4.69) is 0 Å². The second kappa shape index (κ2) is 4.78. The number of nitrogens with zero attached hydrogens (tertiary/aromatic N) is 1. The van der Waals surface area contributed by atoms with E-state index < -0.39 is 6.10 Å². The Labute approximate surface area is 96.7 Å². The molecule has 4 nitrogen and oxygen atoms in total. The molecule has 0 spiro atoms. The second-order valence-corrected chi connectivity index (χ2v) is 4.55. The fourth-order valence-electron chi connectivity index (χ4n) is 1.64. The molecule has 1 aromatic heterocycles. The van der Waals surface area contributed by atoms with Crippen molar-refractivity contribution in [1.82, 2.24) is 4.57 Å². The van der Waals surface area contributed by atoms with E-state index in [0.717, 1.165) is 10.2 Å². The Bertz CT molecular complexity index is 531. The van der Waals surface area contributed by atoms with Crippen LogP contribution >= 0.6 is 11.3 Å². The quantitative estimate of drug-likeness (QED) is 0.868. The predicted molar refractivity (Wildman–Crippen MR) is 64.0 cm³/mol. The van der Waals surface area contributed by atoms with Gasteiger partial charge in [-0.3, -0.25) is 9.36 Å². The fraction of sp³-hybridized carbons (Fsp3) is 0.364. The Balaban J connectivity index is 2.36. The number of methoxy groups -OCH3 is 1. The third-order valence-electron chi connectivity index (χ3n) is 2.33. The van der Waals surface area contributed by atoms with E-state index in [1.807, 2.05) is 24.3 Å². The number of hydrogen-bond acceptors (Lipinski definition) is 4. The Morgan fingerprint density at radius 1 is 1.50 bits per heavy atom. The summed E-state index contributed by atoms with van der Waals surface area (Å²) < 4.78 is 7.37. The van der Waals surface area contributed by atoms with Crippen LogP contribution in [0.1, 0.15) is 0 Å². The highest BCUT2D eigenvalue weighted by molar-refractivity contribution is 7.16. The third-order valence-corrected chi connectivity index (χ3v) is 3.29. The lowest BCUT2D eigenvalue weighted by molar-refractivity contribution is 0.0541. The van der Waals surface area contributed by atoms with Gasteiger partial charge >= 0.3 is 4.87 Å². The summed E-state index contributed by atoms with van der Waals surface area (Å²) in [6.45, 7) is 0.507. The van der Waals surface area contributed by atoms with Gasteiger partial charge in [-0.15, -0.1) is 0 Å². The summed E-state index contributed by atoms with van der Waals surface area (Å²) in [5.74, 6) is 0. The van der Waals surface area contributed by atoms with Gasteiger partial charge in [-0.2, -0.15) is 0 Å². The second-order valence-electron chi connectivity index (χ2n) is 3.56. The minimum atomic E-state index is -0.652. The van der Waals surface area contributed by atoms with Gasteiger partial charge in [0.1, 0.15) is 0 Å². The molecule has 0 bridgehead atoms. The topological polar surface area (TPSA) is 51.5 Å². The Morgan fingerprint density at radius 3 is 3.00 bits per heavy atom. The number of ether oxygens (including phenoxy) is 1. The van der Waals surface area contributed by atoms with Gasteiger partial charge in [-0.05, 0) is 12.1 Å². The maximum Gasteiger partial charge on any atom is 0.308 e. The molecule has 1 N–H and O–H groups in total. The Hall–Kier alpha value is -1.17. The summed E-state index contributed by atoms with van der Waals surface area (Å²) in [4.78, 5) is 11.7. The molecule has 1 atom stereocenters. The van der Waals surface area contributed by atoms with Crippen molar-refractivity contribution < 1.29 is 9.84 Å². The average Bonchev–Trinajstić information content (AvgIpc) is 2.56. The van der Waals surface area contributed by atoms with Crippen molar-refractivity contribution >= 4 is 21.6 Å². The summed E-state index contributed by atoms with van der Waals surface area (Å²) in [5.41, 5.74) is 0.868. The summed E-state index contributed by atoms with van der Waals surface area (Å²) in [6, 6.07) is 7.56. The first-order valence-electron chi connectivity index (χ1n) is 4.97.